The second-order valence-electron chi connectivity index (χ2n) is 6.35. The highest BCUT2D eigenvalue weighted by Crippen LogP contribution is 2.54. The third-order valence-electron chi connectivity index (χ3n) is 5.03. The fourth-order valence-corrected chi connectivity index (χ4v) is 4.93. The zero-order valence-corrected chi connectivity index (χ0v) is 9.62. The average molecular weight is 210 g/mol. The molecule has 0 amide bonds. The number of quaternary nitrogens is 1. The lowest BCUT2D eigenvalue weighted by molar-refractivity contribution is -0.739. The van der Waals surface area contributed by atoms with Crippen LogP contribution in [0.4, 0.5) is 0 Å². The third kappa shape index (κ3) is 1.83. The van der Waals surface area contributed by atoms with Crippen molar-refractivity contribution in [3.8, 4) is 0 Å². The highest BCUT2D eigenvalue weighted by atomic mass is 16.3. The topological polar surface area (TPSA) is 36.8 Å². The standard InChI is InChI=1S/C13H23NO/c15-3-1-2-14-13-7-10-4-11(8-13)6-12(5-10)9-13/h10-12,14-15H,1-9H2/p+1. The van der Waals surface area contributed by atoms with E-state index >= 15 is 0 Å². The summed E-state index contributed by atoms with van der Waals surface area (Å²) in [6.07, 6.45) is 10.0. The summed E-state index contributed by atoms with van der Waals surface area (Å²) in [7, 11) is 0. The van der Waals surface area contributed by atoms with Gasteiger partial charge < -0.3 is 10.4 Å². The van der Waals surface area contributed by atoms with Crippen LogP contribution in [0.5, 0.6) is 0 Å². The summed E-state index contributed by atoms with van der Waals surface area (Å²) in [6.45, 7) is 1.51. The van der Waals surface area contributed by atoms with Gasteiger partial charge in [0, 0.05) is 32.3 Å². The van der Waals surface area contributed by atoms with Crippen LogP contribution in [0, 0.1) is 17.8 Å². The van der Waals surface area contributed by atoms with E-state index in [9.17, 15) is 0 Å². The van der Waals surface area contributed by atoms with Crippen LogP contribution in [-0.4, -0.2) is 23.8 Å². The predicted molar refractivity (Wildman–Crippen MR) is 59.4 cm³/mol. The number of hydrogen-bond donors (Lipinski definition) is 2. The Morgan fingerprint density at radius 2 is 1.53 bits per heavy atom. The Balaban J connectivity index is 1.65. The molecule has 4 rings (SSSR count). The molecule has 0 saturated heterocycles. The van der Waals surface area contributed by atoms with Crippen molar-refractivity contribution in [1.29, 1.82) is 0 Å². The summed E-state index contributed by atoms with van der Waals surface area (Å²) in [4.78, 5) is 0. The zero-order valence-electron chi connectivity index (χ0n) is 9.62. The lowest BCUT2D eigenvalue weighted by Crippen LogP contribution is -2.99. The van der Waals surface area contributed by atoms with Gasteiger partial charge in [-0.05, 0) is 37.0 Å². The molecule has 0 heterocycles. The lowest BCUT2D eigenvalue weighted by atomic mass is 9.53. The molecular weight excluding hydrogens is 186 g/mol. The molecule has 86 valence electrons. The molecule has 4 aliphatic carbocycles. The van der Waals surface area contributed by atoms with Gasteiger partial charge in [-0.25, -0.2) is 0 Å². The molecule has 15 heavy (non-hydrogen) atoms. The van der Waals surface area contributed by atoms with Crippen molar-refractivity contribution < 1.29 is 10.4 Å². The Morgan fingerprint density at radius 3 is 2.00 bits per heavy atom. The van der Waals surface area contributed by atoms with Crippen molar-refractivity contribution in [2.75, 3.05) is 13.2 Å². The van der Waals surface area contributed by atoms with Crippen LogP contribution in [0.2, 0.25) is 0 Å². The smallest absolute Gasteiger partial charge is 0.0969 e. The fourth-order valence-electron chi connectivity index (χ4n) is 4.93. The molecule has 0 aliphatic heterocycles. The second kappa shape index (κ2) is 3.74. The van der Waals surface area contributed by atoms with Crippen LogP contribution in [-0.2, 0) is 0 Å². The van der Waals surface area contributed by atoms with E-state index in [-0.39, 0.29) is 0 Å². The molecule has 2 nitrogen and oxygen atoms in total. The van der Waals surface area contributed by atoms with Gasteiger partial charge in [0.1, 0.15) is 0 Å². The first kappa shape index (κ1) is 10.1. The van der Waals surface area contributed by atoms with Gasteiger partial charge in [0.15, 0.2) is 0 Å². The molecule has 0 unspecified atom stereocenters. The second-order valence-corrected chi connectivity index (χ2v) is 6.35. The van der Waals surface area contributed by atoms with Crippen LogP contribution in [0.3, 0.4) is 0 Å². The largest absolute Gasteiger partial charge is 0.396 e. The maximum Gasteiger partial charge on any atom is 0.0969 e. The molecule has 2 heteroatoms. The van der Waals surface area contributed by atoms with E-state index < -0.39 is 0 Å². The molecule has 0 aromatic carbocycles. The molecular formula is C13H24NO+. The predicted octanol–water partition coefficient (Wildman–Crippen LogP) is 0.901. The molecule has 4 bridgehead atoms. The number of aliphatic hydroxyl groups excluding tert-OH is 1. The van der Waals surface area contributed by atoms with Gasteiger partial charge in [-0.1, -0.05) is 0 Å². The van der Waals surface area contributed by atoms with Crippen molar-refractivity contribution in [2.45, 2.75) is 50.5 Å². The monoisotopic (exact) mass is 210 g/mol. The van der Waals surface area contributed by atoms with Crippen molar-refractivity contribution in [2.24, 2.45) is 17.8 Å². The van der Waals surface area contributed by atoms with E-state index in [0.29, 0.717) is 12.1 Å². The quantitative estimate of drug-likeness (QED) is 0.665. The van der Waals surface area contributed by atoms with E-state index in [4.69, 9.17) is 5.11 Å². The molecule has 4 saturated carbocycles. The van der Waals surface area contributed by atoms with Gasteiger partial charge in [0.2, 0.25) is 0 Å². The molecule has 0 radical (unpaired) electrons. The van der Waals surface area contributed by atoms with E-state index in [2.05, 4.69) is 5.32 Å². The minimum Gasteiger partial charge on any atom is -0.396 e. The maximum atomic E-state index is 8.86. The van der Waals surface area contributed by atoms with Crippen molar-refractivity contribution in [3.05, 3.63) is 0 Å². The Hall–Kier alpha value is -0.0800. The lowest BCUT2D eigenvalue weighted by Gasteiger charge is -2.54. The Kier molecular flexibility index (Phi) is 2.52. The van der Waals surface area contributed by atoms with Crippen molar-refractivity contribution in [1.82, 2.24) is 0 Å². The van der Waals surface area contributed by atoms with Crippen LogP contribution in [0.15, 0.2) is 0 Å². The summed E-state index contributed by atoms with van der Waals surface area (Å²) >= 11 is 0. The first-order valence-corrected chi connectivity index (χ1v) is 6.75. The van der Waals surface area contributed by atoms with Gasteiger partial charge in [-0.15, -0.1) is 0 Å². The number of hydrogen-bond acceptors (Lipinski definition) is 1. The third-order valence-corrected chi connectivity index (χ3v) is 5.03. The zero-order chi connectivity index (χ0) is 10.3. The average Bonchev–Trinajstić information content (AvgIpc) is 2.15. The van der Waals surface area contributed by atoms with Crippen LogP contribution in [0.25, 0.3) is 0 Å². The molecule has 0 aromatic heterocycles. The van der Waals surface area contributed by atoms with E-state index in [1.54, 1.807) is 0 Å². The Bertz CT molecular complexity index is 203. The number of rotatable bonds is 4. The van der Waals surface area contributed by atoms with Crippen molar-refractivity contribution >= 4 is 0 Å². The summed E-state index contributed by atoms with van der Waals surface area (Å²) in [5, 5.41) is 11.5. The number of aliphatic hydroxyl groups is 1. The van der Waals surface area contributed by atoms with E-state index in [1.807, 2.05) is 0 Å². The fraction of sp³-hybridized carbons (Fsp3) is 1.00. The molecule has 0 atom stereocenters. The highest BCUT2D eigenvalue weighted by Gasteiger charge is 2.53. The van der Waals surface area contributed by atoms with Crippen LogP contribution >= 0.6 is 0 Å². The van der Waals surface area contributed by atoms with Gasteiger partial charge in [-0.2, -0.15) is 0 Å². The normalized spacial score (nSPS) is 47.4. The van der Waals surface area contributed by atoms with E-state index in [0.717, 1.165) is 30.7 Å². The molecule has 4 fully saturated rings. The Labute approximate surface area is 92.4 Å². The molecule has 3 N–H and O–H groups in total. The first-order valence-electron chi connectivity index (χ1n) is 6.75. The van der Waals surface area contributed by atoms with Crippen LogP contribution in [0.1, 0.15) is 44.9 Å². The molecule has 0 spiro atoms. The van der Waals surface area contributed by atoms with Gasteiger partial charge in [-0.3, -0.25) is 0 Å². The summed E-state index contributed by atoms with van der Waals surface area (Å²) in [5.41, 5.74) is 0.615. The van der Waals surface area contributed by atoms with Gasteiger partial charge in [0.05, 0.1) is 12.1 Å². The summed E-state index contributed by atoms with van der Waals surface area (Å²) < 4.78 is 0. The SMILES string of the molecule is OCCC[NH2+]C12CC3CC(CC(C3)C1)C2. The minimum absolute atomic E-state index is 0.364. The minimum atomic E-state index is 0.364. The van der Waals surface area contributed by atoms with Gasteiger partial charge in [0.25, 0.3) is 0 Å². The molecule has 0 aromatic rings. The number of nitrogens with two attached hydrogens (primary N) is 1. The summed E-state index contributed by atoms with van der Waals surface area (Å²) in [5.74, 6) is 3.17. The summed E-state index contributed by atoms with van der Waals surface area (Å²) in [6, 6.07) is 0. The van der Waals surface area contributed by atoms with Crippen molar-refractivity contribution in [3.63, 3.8) is 0 Å². The highest BCUT2D eigenvalue weighted by molar-refractivity contribution is 5.01. The van der Waals surface area contributed by atoms with Crippen LogP contribution < -0.4 is 5.32 Å². The molecule has 4 aliphatic rings. The Morgan fingerprint density at radius 1 is 1.00 bits per heavy atom. The van der Waals surface area contributed by atoms with E-state index in [1.165, 1.54) is 38.5 Å². The first-order chi connectivity index (χ1) is 7.30. The maximum absolute atomic E-state index is 8.86. The van der Waals surface area contributed by atoms with Gasteiger partial charge >= 0.3 is 0 Å².